The van der Waals surface area contributed by atoms with E-state index in [1.165, 1.54) is 29.2 Å². The van der Waals surface area contributed by atoms with E-state index in [9.17, 15) is 10.1 Å². The van der Waals surface area contributed by atoms with Crippen LogP contribution in [0.3, 0.4) is 0 Å². The van der Waals surface area contributed by atoms with Crippen molar-refractivity contribution in [1.29, 1.82) is 5.26 Å². The summed E-state index contributed by atoms with van der Waals surface area (Å²) in [5, 5.41) is 29.0. The first-order chi connectivity index (χ1) is 11.2. The van der Waals surface area contributed by atoms with E-state index in [2.05, 4.69) is 15.1 Å². The normalized spacial score (nSPS) is 14.5. The summed E-state index contributed by atoms with van der Waals surface area (Å²) < 4.78 is 5.92. The molecule has 0 amide bonds. The number of rotatable bonds is 4. The number of nitrogens with zero attached hydrogens (tertiary/aromatic N) is 5. The summed E-state index contributed by atoms with van der Waals surface area (Å²) >= 11 is 2.57. The standard InChI is InChI=1S/C13H11N5O3S2/c14-8-9-1-2-11(10(7-9)18(19)20)22-13-16-15-12(23-13)17-3-5-21-6-4-17/h1-2,7H,3-6H2. The fourth-order valence-corrected chi connectivity index (χ4v) is 3.97. The van der Waals surface area contributed by atoms with Gasteiger partial charge in [0.1, 0.15) is 0 Å². The summed E-state index contributed by atoms with van der Waals surface area (Å²) in [6.45, 7) is 2.83. The highest BCUT2D eigenvalue weighted by molar-refractivity contribution is 8.01. The van der Waals surface area contributed by atoms with Gasteiger partial charge < -0.3 is 9.64 Å². The Balaban J connectivity index is 1.81. The van der Waals surface area contributed by atoms with Crippen molar-refractivity contribution in [2.45, 2.75) is 9.24 Å². The summed E-state index contributed by atoms with van der Waals surface area (Å²) in [7, 11) is 0. The van der Waals surface area contributed by atoms with Crippen molar-refractivity contribution in [3.63, 3.8) is 0 Å². The summed E-state index contributed by atoms with van der Waals surface area (Å²) in [6.07, 6.45) is 0. The highest BCUT2D eigenvalue weighted by atomic mass is 32.2. The second kappa shape index (κ2) is 6.91. The minimum atomic E-state index is -0.493. The van der Waals surface area contributed by atoms with Crippen molar-refractivity contribution in [1.82, 2.24) is 10.2 Å². The second-order valence-corrected chi connectivity index (χ2v) is 6.85. The number of hydrogen-bond donors (Lipinski definition) is 0. The average molecular weight is 349 g/mol. The highest BCUT2D eigenvalue weighted by Gasteiger charge is 2.20. The zero-order chi connectivity index (χ0) is 16.2. The van der Waals surface area contributed by atoms with Crippen molar-refractivity contribution < 1.29 is 9.66 Å². The molecular weight excluding hydrogens is 338 g/mol. The van der Waals surface area contributed by atoms with Gasteiger partial charge in [-0.3, -0.25) is 10.1 Å². The number of benzene rings is 1. The molecule has 3 rings (SSSR count). The van der Waals surface area contributed by atoms with Gasteiger partial charge in [-0.2, -0.15) is 5.26 Å². The monoisotopic (exact) mass is 349 g/mol. The van der Waals surface area contributed by atoms with E-state index in [-0.39, 0.29) is 11.3 Å². The zero-order valence-electron chi connectivity index (χ0n) is 11.8. The molecule has 1 aliphatic heterocycles. The molecule has 23 heavy (non-hydrogen) atoms. The van der Waals surface area contributed by atoms with Crippen LogP contribution in [0.4, 0.5) is 10.8 Å². The summed E-state index contributed by atoms with van der Waals surface area (Å²) in [4.78, 5) is 13.2. The fourth-order valence-electron chi connectivity index (χ4n) is 2.04. The van der Waals surface area contributed by atoms with E-state index in [4.69, 9.17) is 10.00 Å². The molecule has 1 aromatic heterocycles. The number of nitro benzene ring substituents is 1. The van der Waals surface area contributed by atoms with Crippen molar-refractivity contribution >= 4 is 33.9 Å². The number of aromatic nitrogens is 2. The first-order valence-electron chi connectivity index (χ1n) is 6.70. The molecule has 0 N–H and O–H groups in total. The summed E-state index contributed by atoms with van der Waals surface area (Å²) in [6, 6.07) is 6.29. The Morgan fingerprint density at radius 2 is 2.17 bits per heavy atom. The number of anilines is 1. The van der Waals surface area contributed by atoms with E-state index < -0.39 is 4.92 Å². The van der Waals surface area contributed by atoms with E-state index in [1.807, 2.05) is 6.07 Å². The molecule has 2 aromatic rings. The van der Waals surface area contributed by atoms with Gasteiger partial charge in [0.2, 0.25) is 5.13 Å². The van der Waals surface area contributed by atoms with Gasteiger partial charge in [-0.1, -0.05) is 11.3 Å². The van der Waals surface area contributed by atoms with Crippen LogP contribution >= 0.6 is 23.1 Å². The van der Waals surface area contributed by atoms with Gasteiger partial charge in [0.05, 0.1) is 34.7 Å². The number of ether oxygens (including phenoxy) is 1. The summed E-state index contributed by atoms with van der Waals surface area (Å²) in [5.41, 5.74) is 0.157. The van der Waals surface area contributed by atoms with Crippen LogP contribution in [-0.4, -0.2) is 41.4 Å². The predicted molar refractivity (Wildman–Crippen MR) is 84.9 cm³/mol. The third-order valence-corrected chi connectivity index (χ3v) is 5.26. The summed E-state index contributed by atoms with van der Waals surface area (Å²) in [5.74, 6) is 0. The molecule has 0 bridgehead atoms. The minimum Gasteiger partial charge on any atom is -0.378 e. The molecule has 8 nitrogen and oxygen atoms in total. The van der Waals surface area contributed by atoms with Gasteiger partial charge in [-0.05, 0) is 23.9 Å². The van der Waals surface area contributed by atoms with Crippen LogP contribution in [-0.2, 0) is 4.74 Å². The van der Waals surface area contributed by atoms with E-state index in [0.717, 1.165) is 18.2 Å². The molecule has 0 radical (unpaired) electrons. The van der Waals surface area contributed by atoms with Gasteiger partial charge in [0.15, 0.2) is 4.34 Å². The number of morpholine rings is 1. The molecular formula is C13H11N5O3S2. The lowest BCUT2D eigenvalue weighted by molar-refractivity contribution is -0.387. The predicted octanol–water partition coefficient (Wildman–Crippen LogP) is 2.31. The Morgan fingerprint density at radius 1 is 1.39 bits per heavy atom. The van der Waals surface area contributed by atoms with Gasteiger partial charge in [-0.15, -0.1) is 10.2 Å². The van der Waals surface area contributed by atoms with Crippen LogP contribution in [0, 0.1) is 21.4 Å². The van der Waals surface area contributed by atoms with Crippen LogP contribution < -0.4 is 4.90 Å². The number of nitriles is 1. The maximum Gasteiger partial charge on any atom is 0.284 e. The number of nitro groups is 1. The van der Waals surface area contributed by atoms with E-state index in [1.54, 1.807) is 12.1 Å². The molecule has 2 heterocycles. The molecule has 0 aliphatic carbocycles. The first kappa shape index (κ1) is 15.7. The molecule has 1 saturated heterocycles. The Morgan fingerprint density at radius 3 is 2.87 bits per heavy atom. The molecule has 0 saturated carbocycles. The quantitative estimate of drug-likeness (QED) is 0.611. The molecule has 0 unspecified atom stereocenters. The molecule has 118 valence electrons. The lowest BCUT2D eigenvalue weighted by Gasteiger charge is -2.25. The Labute approximate surface area is 139 Å². The lowest BCUT2D eigenvalue weighted by Crippen LogP contribution is -2.36. The maximum absolute atomic E-state index is 11.2. The van der Waals surface area contributed by atoms with Crippen LogP contribution in [0.2, 0.25) is 0 Å². The van der Waals surface area contributed by atoms with Gasteiger partial charge in [0.25, 0.3) is 5.69 Å². The number of hydrogen-bond acceptors (Lipinski definition) is 9. The second-order valence-electron chi connectivity index (χ2n) is 4.60. The topological polar surface area (TPSA) is 105 Å². The Kier molecular flexibility index (Phi) is 4.71. The molecule has 1 fully saturated rings. The van der Waals surface area contributed by atoms with Crippen LogP contribution in [0.5, 0.6) is 0 Å². The van der Waals surface area contributed by atoms with Gasteiger partial charge in [0, 0.05) is 19.2 Å². The lowest BCUT2D eigenvalue weighted by atomic mass is 10.2. The largest absolute Gasteiger partial charge is 0.378 e. The first-order valence-corrected chi connectivity index (χ1v) is 8.33. The SMILES string of the molecule is N#Cc1ccc(Sc2nnc(N3CCOCC3)s2)c([N+](=O)[O-])c1. The Hall–Kier alpha value is -2.22. The van der Waals surface area contributed by atoms with Crippen molar-refractivity contribution in [3.8, 4) is 6.07 Å². The Bertz CT molecular complexity index is 767. The molecule has 1 aliphatic rings. The van der Waals surface area contributed by atoms with Crippen LogP contribution in [0.1, 0.15) is 5.56 Å². The third-order valence-electron chi connectivity index (χ3n) is 3.16. The fraction of sp³-hybridized carbons (Fsp3) is 0.308. The van der Waals surface area contributed by atoms with Gasteiger partial charge >= 0.3 is 0 Å². The van der Waals surface area contributed by atoms with E-state index in [0.29, 0.717) is 22.4 Å². The minimum absolute atomic E-state index is 0.0998. The molecule has 0 spiro atoms. The molecule has 1 aromatic carbocycles. The van der Waals surface area contributed by atoms with Crippen LogP contribution in [0.15, 0.2) is 27.4 Å². The zero-order valence-corrected chi connectivity index (χ0v) is 13.5. The van der Waals surface area contributed by atoms with Crippen LogP contribution in [0.25, 0.3) is 0 Å². The van der Waals surface area contributed by atoms with E-state index >= 15 is 0 Å². The molecule has 0 atom stereocenters. The third kappa shape index (κ3) is 3.58. The smallest absolute Gasteiger partial charge is 0.284 e. The van der Waals surface area contributed by atoms with Gasteiger partial charge in [-0.25, -0.2) is 0 Å². The average Bonchev–Trinajstić information content (AvgIpc) is 3.04. The van der Waals surface area contributed by atoms with Crippen molar-refractivity contribution in [2.24, 2.45) is 0 Å². The van der Waals surface area contributed by atoms with Crippen molar-refractivity contribution in [2.75, 3.05) is 31.2 Å². The highest BCUT2D eigenvalue weighted by Crippen LogP contribution is 2.38. The maximum atomic E-state index is 11.2. The molecule has 10 heteroatoms. The van der Waals surface area contributed by atoms with Crippen molar-refractivity contribution in [3.05, 3.63) is 33.9 Å².